The molecular formula is C10H7ClF3N3. The van der Waals surface area contributed by atoms with Gasteiger partial charge in [0, 0.05) is 19.4 Å². The smallest absolute Gasteiger partial charge is 0.266 e. The van der Waals surface area contributed by atoms with Crippen LogP contribution < -0.4 is 0 Å². The maximum atomic E-state index is 12.4. The molecule has 0 N–H and O–H groups in total. The first-order valence-electron chi connectivity index (χ1n) is 4.60. The van der Waals surface area contributed by atoms with Crippen molar-refractivity contribution >= 4 is 11.6 Å². The third-order valence-electron chi connectivity index (χ3n) is 2.23. The number of pyridine rings is 1. The van der Waals surface area contributed by atoms with E-state index in [4.69, 9.17) is 11.6 Å². The Morgan fingerprint density at radius 3 is 2.53 bits per heavy atom. The Bertz CT molecular complexity index is 548. The number of halogens is 4. The SMILES string of the molecule is Cn1nccc1-c1ncc(C(F)(F)F)cc1Cl. The molecule has 2 heterocycles. The maximum Gasteiger partial charge on any atom is 0.417 e. The van der Waals surface area contributed by atoms with Gasteiger partial charge < -0.3 is 0 Å². The molecule has 0 aliphatic heterocycles. The van der Waals surface area contributed by atoms with Gasteiger partial charge in [-0.3, -0.25) is 9.67 Å². The number of aryl methyl sites for hydroxylation is 1. The van der Waals surface area contributed by atoms with Gasteiger partial charge in [0.15, 0.2) is 0 Å². The van der Waals surface area contributed by atoms with Gasteiger partial charge in [-0.2, -0.15) is 18.3 Å². The van der Waals surface area contributed by atoms with E-state index in [9.17, 15) is 13.2 Å². The fraction of sp³-hybridized carbons (Fsp3) is 0.200. The van der Waals surface area contributed by atoms with Gasteiger partial charge >= 0.3 is 6.18 Å². The zero-order valence-corrected chi connectivity index (χ0v) is 9.42. The Labute approximate surface area is 99.8 Å². The minimum absolute atomic E-state index is 0.0524. The fourth-order valence-corrected chi connectivity index (χ4v) is 1.65. The zero-order chi connectivity index (χ0) is 12.6. The summed E-state index contributed by atoms with van der Waals surface area (Å²) in [6, 6.07) is 2.48. The Kier molecular flexibility index (Phi) is 2.82. The third-order valence-corrected chi connectivity index (χ3v) is 2.52. The lowest BCUT2D eigenvalue weighted by Crippen LogP contribution is -2.06. The largest absolute Gasteiger partial charge is 0.417 e. The molecule has 0 amide bonds. The van der Waals surface area contributed by atoms with Gasteiger partial charge in [-0.05, 0) is 12.1 Å². The first kappa shape index (κ1) is 11.9. The lowest BCUT2D eigenvalue weighted by atomic mass is 10.2. The molecule has 0 atom stereocenters. The summed E-state index contributed by atoms with van der Waals surface area (Å²) in [4.78, 5) is 3.74. The second kappa shape index (κ2) is 4.03. The highest BCUT2D eigenvalue weighted by atomic mass is 35.5. The Morgan fingerprint density at radius 1 is 1.35 bits per heavy atom. The summed E-state index contributed by atoms with van der Waals surface area (Å²) >= 11 is 5.80. The van der Waals surface area contributed by atoms with E-state index in [1.165, 1.54) is 10.9 Å². The van der Waals surface area contributed by atoms with Crippen molar-refractivity contribution in [2.45, 2.75) is 6.18 Å². The highest BCUT2D eigenvalue weighted by Crippen LogP contribution is 2.33. The summed E-state index contributed by atoms with van der Waals surface area (Å²) in [6.07, 6.45) is -2.17. The van der Waals surface area contributed by atoms with Crippen LogP contribution in [0.25, 0.3) is 11.4 Å². The van der Waals surface area contributed by atoms with E-state index in [0.29, 0.717) is 5.69 Å². The summed E-state index contributed by atoms with van der Waals surface area (Å²) in [6.45, 7) is 0. The molecule has 3 nitrogen and oxygen atoms in total. The summed E-state index contributed by atoms with van der Waals surface area (Å²) in [5, 5.41) is 3.85. The Morgan fingerprint density at radius 2 is 2.06 bits per heavy atom. The minimum Gasteiger partial charge on any atom is -0.266 e. The first-order chi connectivity index (χ1) is 7.89. The van der Waals surface area contributed by atoms with Crippen LogP contribution in [0, 0.1) is 0 Å². The molecule has 0 spiro atoms. The molecule has 0 radical (unpaired) electrons. The quantitative estimate of drug-likeness (QED) is 0.789. The highest BCUT2D eigenvalue weighted by Gasteiger charge is 2.31. The molecule has 0 fully saturated rings. The van der Waals surface area contributed by atoms with Crippen LogP contribution in [0.4, 0.5) is 13.2 Å². The number of alkyl halides is 3. The molecule has 2 aromatic rings. The topological polar surface area (TPSA) is 30.7 Å². The molecule has 0 saturated carbocycles. The second-order valence-corrected chi connectivity index (χ2v) is 3.80. The summed E-state index contributed by atoms with van der Waals surface area (Å²) < 4.78 is 38.7. The van der Waals surface area contributed by atoms with Crippen LogP contribution in [0.15, 0.2) is 24.5 Å². The van der Waals surface area contributed by atoms with Crippen LogP contribution in [-0.2, 0) is 13.2 Å². The average molecular weight is 262 g/mol. The third kappa shape index (κ3) is 2.26. The summed E-state index contributed by atoms with van der Waals surface area (Å²) in [7, 11) is 1.66. The number of hydrogen-bond donors (Lipinski definition) is 0. The van der Waals surface area contributed by atoms with Gasteiger partial charge in [-0.1, -0.05) is 11.6 Å². The normalized spacial score (nSPS) is 11.8. The standard InChI is InChI=1S/C10H7ClF3N3/c1-17-8(2-3-16-17)9-7(11)4-6(5-15-9)10(12,13)14/h2-5H,1H3. The number of nitrogens with zero attached hydrogens (tertiary/aromatic N) is 3. The molecule has 0 saturated heterocycles. The molecule has 2 aromatic heterocycles. The first-order valence-corrected chi connectivity index (χ1v) is 4.98. The van der Waals surface area contributed by atoms with Crippen molar-refractivity contribution in [1.82, 2.24) is 14.8 Å². The van der Waals surface area contributed by atoms with Crippen LogP contribution in [0.5, 0.6) is 0 Å². The molecule has 90 valence electrons. The summed E-state index contributed by atoms with van der Waals surface area (Å²) in [5.41, 5.74) is -0.0307. The van der Waals surface area contributed by atoms with Gasteiger partial charge in [0.25, 0.3) is 0 Å². The molecule has 0 aliphatic carbocycles. The van der Waals surface area contributed by atoms with E-state index in [1.807, 2.05) is 0 Å². The highest BCUT2D eigenvalue weighted by molar-refractivity contribution is 6.33. The lowest BCUT2D eigenvalue weighted by Gasteiger charge is -2.09. The molecule has 0 bridgehead atoms. The van der Waals surface area contributed by atoms with E-state index in [0.717, 1.165) is 12.3 Å². The number of hydrogen-bond acceptors (Lipinski definition) is 2. The van der Waals surface area contributed by atoms with Gasteiger partial charge in [-0.25, -0.2) is 0 Å². The van der Waals surface area contributed by atoms with E-state index in [2.05, 4.69) is 10.1 Å². The molecule has 0 aliphatic rings. The van der Waals surface area contributed by atoms with Crippen LogP contribution in [0.3, 0.4) is 0 Å². The number of rotatable bonds is 1. The molecule has 0 unspecified atom stereocenters. The molecule has 7 heteroatoms. The maximum absolute atomic E-state index is 12.4. The fourth-order valence-electron chi connectivity index (χ4n) is 1.39. The van der Waals surface area contributed by atoms with Crippen molar-refractivity contribution < 1.29 is 13.2 Å². The van der Waals surface area contributed by atoms with E-state index >= 15 is 0 Å². The molecular weight excluding hydrogens is 255 g/mol. The van der Waals surface area contributed by atoms with Gasteiger partial charge in [0.1, 0.15) is 5.69 Å². The lowest BCUT2D eigenvalue weighted by molar-refractivity contribution is -0.137. The van der Waals surface area contributed by atoms with E-state index < -0.39 is 11.7 Å². The van der Waals surface area contributed by atoms with Crippen molar-refractivity contribution in [3.05, 3.63) is 35.1 Å². The Hall–Kier alpha value is -1.56. The number of aromatic nitrogens is 3. The summed E-state index contributed by atoms with van der Waals surface area (Å²) in [5.74, 6) is 0. The van der Waals surface area contributed by atoms with E-state index in [-0.39, 0.29) is 10.7 Å². The predicted molar refractivity (Wildman–Crippen MR) is 56.5 cm³/mol. The van der Waals surface area contributed by atoms with Crippen molar-refractivity contribution in [2.24, 2.45) is 7.05 Å². The molecule has 0 aromatic carbocycles. The van der Waals surface area contributed by atoms with Crippen molar-refractivity contribution in [3.8, 4) is 11.4 Å². The monoisotopic (exact) mass is 261 g/mol. The van der Waals surface area contributed by atoms with Crippen molar-refractivity contribution in [1.29, 1.82) is 0 Å². The van der Waals surface area contributed by atoms with Crippen molar-refractivity contribution in [3.63, 3.8) is 0 Å². The van der Waals surface area contributed by atoms with Crippen LogP contribution in [0.2, 0.25) is 5.02 Å². The predicted octanol–water partition coefficient (Wildman–Crippen LogP) is 3.15. The molecule has 17 heavy (non-hydrogen) atoms. The average Bonchev–Trinajstić information content (AvgIpc) is 2.63. The van der Waals surface area contributed by atoms with Crippen LogP contribution in [-0.4, -0.2) is 14.8 Å². The van der Waals surface area contributed by atoms with Crippen LogP contribution in [0.1, 0.15) is 5.56 Å². The Balaban J connectivity index is 2.50. The van der Waals surface area contributed by atoms with Crippen molar-refractivity contribution in [2.75, 3.05) is 0 Å². The zero-order valence-electron chi connectivity index (χ0n) is 8.66. The molecule has 2 rings (SSSR count). The minimum atomic E-state index is -4.44. The van der Waals surface area contributed by atoms with E-state index in [1.54, 1.807) is 13.1 Å². The van der Waals surface area contributed by atoms with Crippen LogP contribution >= 0.6 is 11.6 Å². The second-order valence-electron chi connectivity index (χ2n) is 3.39. The van der Waals surface area contributed by atoms with Gasteiger partial charge in [0.2, 0.25) is 0 Å². The van der Waals surface area contributed by atoms with Gasteiger partial charge in [0.05, 0.1) is 16.3 Å². The van der Waals surface area contributed by atoms with Gasteiger partial charge in [-0.15, -0.1) is 0 Å².